The van der Waals surface area contributed by atoms with Crippen LogP contribution in [-0.2, 0) is 20.8 Å². The van der Waals surface area contributed by atoms with Gasteiger partial charge in [0.05, 0.1) is 16.7 Å². The zero-order valence-electron chi connectivity index (χ0n) is 19.3. The number of rotatable bonds is 7. The van der Waals surface area contributed by atoms with Gasteiger partial charge in [-0.25, -0.2) is 4.98 Å². The highest BCUT2D eigenvalue weighted by Gasteiger charge is 2.42. The van der Waals surface area contributed by atoms with Gasteiger partial charge in [-0.3, -0.25) is 19.7 Å². The largest absolute Gasteiger partial charge is 0.361 e. The van der Waals surface area contributed by atoms with Crippen LogP contribution in [0.25, 0.3) is 0 Å². The summed E-state index contributed by atoms with van der Waals surface area (Å²) in [4.78, 5) is 41.6. The maximum absolute atomic E-state index is 13.0. The molecule has 0 aliphatic carbocycles. The van der Waals surface area contributed by atoms with Crippen molar-refractivity contribution in [2.75, 3.05) is 5.32 Å². The third kappa shape index (κ3) is 4.61. The number of carbonyl (C=O) groups is 3. The number of nitrogens with one attached hydrogen (secondary N) is 2. The smallest absolute Gasteiger partial charge is 0.258 e. The summed E-state index contributed by atoms with van der Waals surface area (Å²) in [6.07, 6.45) is 3.03. The third-order valence-electron chi connectivity index (χ3n) is 6.32. The van der Waals surface area contributed by atoms with E-state index in [0.29, 0.717) is 41.3 Å². The molecular formula is C25H26N4O4S. The lowest BCUT2D eigenvalue weighted by atomic mass is 9.72. The van der Waals surface area contributed by atoms with Crippen molar-refractivity contribution in [3.8, 4) is 0 Å². The van der Waals surface area contributed by atoms with Gasteiger partial charge in [0.25, 0.3) is 5.91 Å². The average molecular weight is 479 g/mol. The van der Waals surface area contributed by atoms with Gasteiger partial charge in [0.2, 0.25) is 11.8 Å². The fourth-order valence-corrected chi connectivity index (χ4v) is 5.31. The standard InChI is InChI=1S/C25H26N4O4S/c1-4-25(12-11-21(30)28-24(25)32)17-7-9-18(10-8-17)27-22(31)19-6-5-13-26-23(19)34-14-20-15(2)29-33-16(20)3/h5-10,13H,4,11-12,14H2,1-3H3,(H,27,31)(H,28,30,32). The Bertz CT molecular complexity index is 1220. The Morgan fingerprint density at radius 3 is 2.62 bits per heavy atom. The number of benzene rings is 1. The molecule has 2 N–H and O–H groups in total. The SMILES string of the molecule is CCC1(c2ccc(NC(=O)c3cccnc3SCc3c(C)noc3C)cc2)CCC(=O)NC1=O. The second kappa shape index (κ2) is 9.80. The Balaban J connectivity index is 1.48. The van der Waals surface area contributed by atoms with E-state index >= 15 is 0 Å². The minimum atomic E-state index is -0.734. The first-order valence-corrected chi connectivity index (χ1v) is 12.1. The van der Waals surface area contributed by atoms with E-state index in [1.165, 1.54) is 11.8 Å². The van der Waals surface area contributed by atoms with E-state index in [9.17, 15) is 14.4 Å². The number of hydrogen-bond donors (Lipinski definition) is 2. The van der Waals surface area contributed by atoms with E-state index in [1.54, 1.807) is 30.5 Å². The monoisotopic (exact) mass is 478 g/mol. The summed E-state index contributed by atoms with van der Waals surface area (Å²) in [5.41, 5.74) is 3.00. The quantitative estimate of drug-likeness (QED) is 0.384. The molecule has 2 aromatic heterocycles. The topological polar surface area (TPSA) is 114 Å². The number of aryl methyl sites for hydroxylation is 2. The van der Waals surface area contributed by atoms with Gasteiger partial charge in [-0.15, -0.1) is 11.8 Å². The molecular weight excluding hydrogens is 452 g/mol. The van der Waals surface area contributed by atoms with Crippen LogP contribution in [0.2, 0.25) is 0 Å². The molecule has 1 saturated heterocycles. The van der Waals surface area contributed by atoms with Crippen molar-refractivity contribution in [3.63, 3.8) is 0 Å². The maximum atomic E-state index is 13.0. The summed E-state index contributed by atoms with van der Waals surface area (Å²) in [6, 6.07) is 10.7. The predicted octanol–water partition coefficient (Wildman–Crippen LogP) is 4.32. The number of thioether (sulfide) groups is 1. The highest BCUT2D eigenvalue weighted by Crippen LogP contribution is 2.36. The predicted molar refractivity (Wildman–Crippen MR) is 129 cm³/mol. The summed E-state index contributed by atoms with van der Waals surface area (Å²) < 4.78 is 5.22. The zero-order chi connectivity index (χ0) is 24.3. The molecule has 1 aliphatic heterocycles. The van der Waals surface area contributed by atoms with E-state index in [0.717, 1.165) is 22.6 Å². The van der Waals surface area contributed by atoms with Gasteiger partial charge in [-0.05, 0) is 56.5 Å². The van der Waals surface area contributed by atoms with E-state index in [1.807, 2.05) is 32.9 Å². The first kappa shape index (κ1) is 23.7. The van der Waals surface area contributed by atoms with Crippen LogP contribution in [0.4, 0.5) is 5.69 Å². The van der Waals surface area contributed by atoms with Gasteiger partial charge >= 0.3 is 0 Å². The van der Waals surface area contributed by atoms with Crippen LogP contribution in [0, 0.1) is 13.8 Å². The highest BCUT2D eigenvalue weighted by atomic mass is 32.2. The van der Waals surface area contributed by atoms with Crippen LogP contribution in [0.5, 0.6) is 0 Å². The fourth-order valence-electron chi connectivity index (χ4n) is 4.16. The summed E-state index contributed by atoms with van der Waals surface area (Å²) in [5.74, 6) is 0.577. The molecule has 3 heterocycles. The first-order valence-electron chi connectivity index (χ1n) is 11.1. The number of carbonyl (C=O) groups excluding carboxylic acids is 3. The number of hydrogen-bond acceptors (Lipinski definition) is 7. The molecule has 4 rings (SSSR count). The first-order chi connectivity index (χ1) is 16.3. The van der Waals surface area contributed by atoms with Crippen molar-refractivity contribution in [1.29, 1.82) is 0 Å². The average Bonchev–Trinajstić information content (AvgIpc) is 3.16. The van der Waals surface area contributed by atoms with Crippen molar-refractivity contribution in [2.45, 2.75) is 56.2 Å². The Morgan fingerprint density at radius 2 is 1.97 bits per heavy atom. The van der Waals surface area contributed by atoms with Crippen molar-refractivity contribution in [1.82, 2.24) is 15.5 Å². The Labute approximate surface area is 201 Å². The minimum absolute atomic E-state index is 0.238. The second-order valence-corrected chi connectivity index (χ2v) is 9.26. The van der Waals surface area contributed by atoms with E-state index in [4.69, 9.17) is 4.52 Å². The van der Waals surface area contributed by atoms with Crippen molar-refractivity contribution >= 4 is 35.2 Å². The molecule has 176 valence electrons. The Kier molecular flexibility index (Phi) is 6.83. The Morgan fingerprint density at radius 1 is 1.21 bits per heavy atom. The third-order valence-corrected chi connectivity index (χ3v) is 7.35. The minimum Gasteiger partial charge on any atom is -0.361 e. The molecule has 3 amide bonds. The highest BCUT2D eigenvalue weighted by molar-refractivity contribution is 7.98. The number of piperidine rings is 1. The van der Waals surface area contributed by atoms with Crippen LogP contribution < -0.4 is 10.6 Å². The molecule has 1 fully saturated rings. The van der Waals surface area contributed by atoms with Gasteiger partial charge in [-0.1, -0.05) is 24.2 Å². The van der Waals surface area contributed by atoms with Crippen molar-refractivity contribution in [2.24, 2.45) is 0 Å². The maximum Gasteiger partial charge on any atom is 0.258 e. The van der Waals surface area contributed by atoms with Crippen LogP contribution in [0.1, 0.15) is 59.1 Å². The lowest BCUT2D eigenvalue weighted by Gasteiger charge is -2.35. The van der Waals surface area contributed by atoms with Gasteiger partial charge in [-0.2, -0.15) is 0 Å². The van der Waals surface area contributed by atoms with Crippen LogP contribution >= 0.6 is 11.8 Å². The Hall–Kier alpha value is -3.46. The van der Waals surface area contributed by atoms with Gasteiger partial charge in [0, 0.05) is 29.6 Å². The second-order valence-electron chi connectivity index (χ2n) is 8.29. The summed E-state index contributed by atoms with van der Waals surface area (Å²) >= 11 is 1.45. The van der Waals surface area contributed by atoms with E-state index in [2.05, 4.69) is 20.8 Å². The number of pyridine rings is 1. The molecule has 9 heteroatoms. The molecule has 0 spiro atoms. The zero-order valence-corrected chi connectivity index (χ0v) is 20.1. The molecule has 0 radical (unpaired) electrons. The summed E-state index contributed by atoms with van der Waals surface area (Å²) in [7, 11) is 0. The number of aromatic nitrogens is 2. The van der Waals surface area contributed by atoms with Crippen molar-refractivity contribution < 1.29 is 18.9 Å². The lowest BCUT2D eigenvalue weighted by Crippen LogP contribution is -2.51. The van der Waals surface area contributed by atoms with Crippen LogP contribution in [-0.4, -0.2) is 27.9 Å². The summed E-state index contributed by atoms with van der Waals surface area (Å²) in [5, 5.41) is 9.96. The van der Waals surface area contributed by atoms with Crippen LogP contribution in [0.15, 0.2) is 52.1 Å². The molecule has 0 saturated carbocycles. The molecule has 1 unspecified atom stereocenters. The van der Waals surface area contributed by atoms with Gasteiger partial charge < -0.3 is 9.84 Å². The molecule has 8 nitrogen and oxygen atoms in total. The van der Waals surface area contributed by atoms with Gasteiger partial charge in [0.1, 0.15) is 10.8 Å². The molecule has 1 aromatic carbocycles. The van der Waals surface area contributed by atoms with E-state index < -0.39 is 5.41 Å². The molecule has 1 atom stereocenters. The molecule has 0 bridgehead atoms. The number of amides is 3. The summed E-state index contributed by atoms with van der Waals surface area (Å²) in [6.45, 7) is 5.69. The van der Waals surface area contributed by atoms with E-state index in [-0.39, 0.29) is 17.7 Å². The number of nitrogens with zero attached hydrogens (tertiary/aromatic N) is 2. The molecule has 34 heavy (non-hydrogen) atoms. The number of imide groups is 1. The lowest BCUT2D eigenvalue weighted by molar-refractivity contribution is -0.138. The fraction of sp³-hybridized carbons (Fsp3) is 0.320. The normalized spacial score (nSPS) is 18.0. The molecule has 1 aliphatic rings. The van der Waals surface area contributed by atoms with Crippen molar-refractivity contribution in [3.05, 3.63) is 70.7 Å². The number of anilines is 1. The van der Waals surface area contributed by atoms with Gasteiger partial charge in [0.15, 0.2) is 0 Å². The molecule has 3 aromatic rings. The van der Waals surface area contributed by atoms with Crippen LogP contribution in [0.3, 0.4) is 0 Å².